The number of hydrogen-bond acceptors (Lipinski definition) is 6. The van der Waals surface area contributed by atoms with Crippen LogP contribution in [0.1, 0.15) is 27.2 Å². The Morgan fingerprint density at radius 1 is 1.14 bits per heavy atom. The van der Waals surface area contributed by atoms with Crippen molar-refractivity contribution in [2.45, 2.75) is 39.3 Å². The van der Waals surface area contributed by atoms with Gasteiger partial charge in [-0.05, 0) is 32.4 Å². The topological polar surface area (TPSA) is 80.0 Å². The van der Waals surface area contributed by atoms with Gasteiger partial charge in [0.15, 0.2) is 11.6 Å². The van der Waals surface area contributed by atoms with Gasteiger partial charge in [0, 0.05) is 31.7 Å². The minimum atomic E-state index is -0.238. The zero-order valence-electron chi connectivity index (χ0n) is 16.4. The number of fused-ring (bicyclic) bond motifs is 1. The fourth-order valence-corrected chi connectivity index (χ4v) is 3.63. The summed E-state index contributed by atoms with van der Waals surface area (Å²) in [5.74, 6) is 2.00. The SMILES string of the molecule is CCC1C(=O)N(C)c2cnc(-n3ccnc3-c3ccccn3)nc2N1C(C)C. The molecule has 4 rings (SSSR count). The van der Waals surface area contributed by atoms with Gasteiger partial charge in [-0.2, -0.15) is 4.98 Å². The second kappa shape index (κ2) is 7.03. The van der Waals surface area contributed by atoms with Crippen molar-refractivity contribution >= 4 is 17.4 Å². The van der Waals surface area contributed by atoms with E-state index in [2.05, 4.69) is 33.7 Å². The van der Waals surface area contributed by atoms with Crippen LogP contribution in [0.2, 0.25) is 0 Å². The molecule has 0 saturated heterocycles. The Balaban J connectivity index is 1.85. The highest BCUT2D eigenvalue weighted by atomic mass is 16.2. The van der Waals surface area contributed by atoms with Gasteiger partial charge >= 0.3 is 0 Å². The predicted molar refractivity (Wildman–Crippen MR) is 107 cm³/mol. The molecule has 1 unspecified atom stereocenters. The van der Waals surface area contributed by atoms with Gasteiger partial charge in [0.25, 0.3) is 0 Å². The van der Waals surface area contributed by atoms with E-state index in [-0.39, 0.29) is 18.0 Å². The van der Waals surface area contributed by atoms with Gasteiger partial charge in [0.05, 0.1) is 6.20 Å². The van der Waals surface area contributed by atoms with Gasteiger partial charge in [-0.1, -0.05) is 13.0 Å². The standard InChI is InChI=1S/C20H23N7O/c1-5-15-19(28)25(4)16-12-23-20(24-18(16)27(15)13(2)3)26-11-10-22-17(26)14-8-6-7-9-21-14/h6-13,15H,5H2,1-4H3. The molecule has 3 aromatic rings. The number of carbonyl (C=O) groups excluding carboxylic acids is 1. The summed E-state index contributed by atoms with van der Waals surface area (Å²) in [4.78, 5) is 34.7. The molecular weight excluding hydrogens is 354 g/mol. The van der Waals surface area contributed by atoms with Crippen LogP contribution < -0.4 is 9.80 Å². The van der Waals surface area contributed by atoms with Gasteiger partial charge in [0.1, 0.15) is 17.4 Å². The molecule has 1 atom stereocenters. The summed E-state index contributed by atoms with van der Waals surface area (Å²) < 4.78 is 1.82. The van der Waals surface area contributed by atoms with Crippen molar-refractivity contribution in [3.05, 3.63) is 43.0 Å². The largest absolute Gasteiger partial charge is 0.340 e. The third kappa shape index (κ3) is 2.81. The molecule has 1 aliphatic heterocycles. The summed E-state index contributed by atoms with van der Waals surface area (Å²) in [6.07, 6.45) is 7.68. The number of carbonyl (C=O) groups is 1. The lowest BCUT2D eigenvalue weighted by Gasteiger charge is -2.42. The van der Waals surface area contributed by atoms with E-state index in [1.54, 1.807) is 30.5 Å². The predicted octanol–water partition coefficient (Wildman–Crippen LogP) is 2.69. The number of amides is 1. The van der Waals surface area contributed by atoms with Crippen LogP contribution in [0.5, 0.6) is 0 Å². The lowest BCUT2D eigenvalue weighted by Crippen LogP contribution is -2.55. The van der Waals surface area contributed by atoms with Crippen LogP contribution in [-0.4, -0.2) is 49.5 Å². The molecule has 3 aromatic heterocycles. The van der Waals surface area contributed by atoms with Crippen molar-refractivity contribution in [3.8, 4) is 17.5 Å². The number of anilines is 2. The summed E-state index contributed by atoms with van der Waals surface area (Å²) in [5, 5.41) is 0. The molecule has 1 amide bonds. The minimum absolute atomic E-state index is 0.0665. The van der Waals surface area contributed by atoms with Gasteiger partial charge in [-0.3, -0.25) is 14.3 Å². The van der Waals surface area contributed by atoms with Crippen molar-refractivity contribution in [3.63, 3.8) is 0 Å². The summed E-state index contributed by atoms with van der Waals surface area (Å²) >= 11 is 0. The van der Waals surface area contributed by atoms with Crippen LogP contribution in [0, 0.1) is 0 Å². The molecule has 0 N–H and O–H groups in total. The van der Waals surface area contributed by atoms with Crippen LogP contribution in [0.4, 0.5) is 11.5 Å². The maximum absolute atomic E-state index is 12.8. The fraction of sp³-hybridized carbons (Fsp3) is 0.350. The number of pyridine rings is 1. The first kappa shape index (κ1) is 18.1. The summed E-state index contributed by atoms with van der Waals surface area (Å²) in [6, 6.07) is 5.57. The Kier molecular flexibility index (Phi) is 4.54. The molecule has 0 saturated carbocycles. The maximum Gasteiger partial charge on any atom is 0.249 e. The molecule has 0 aromatic carbocycles. The Morgan fingerprint density at radius 3 is 2.64 bits per heavy atom. The van der Waals surface area contributed by atoms with Gasteiger partial charge in [-0.25, -0.2) is 9.97 Å². The van der Waals surface area contributed by atoms with Crippen LogP contribution in [0.15, 0.2) is 43.0 Å². The van der Waals surface area contributed by atoms with Crippen molar-refractivity contribution in [1.82, 2.24) is 24.5 Å². The third-order valence-electron chi connectivity index (χ3n) is 4.99. The highest BCUT2D eigenvalue weighted by molar-refractivity contribution is 6.04. The van der Waals surface area contributed by atoms with Gasteiger partial charge < -0.3 is 9.80 Å². The van der Waals surface area contributed by atoms with Gasteiger partial charge in [-0.15, -0.1) is 0 Å². The van der Waals surface area contributed by atoms with E-state index < -0.39 is 0 Å². The molecular formula is C20H23N7O. The van der Waals surface area contributed by atoms with E-state index in [0.29, 0.717) is 23.9 Å². The zero-order chi connectivity index (χ0) is 19.8. The van der Waals surface area contributed by atoms with Crippen molar-refractivity contribution in [2.24, 2.45) is 0 Å². The number of likely N-dealkylation sites (N-methyl/N-ethyl adjacent to an activating group) is 1. The number of aromatic nitrogens is 5. The van der Waals surface area contributed by atoms with Gasteiger partial charge in [0.2, 0.25) is 11.9 Å². The first-order valence-electron chi connectivity index (χ1n) is 9.41. The maximum atomic E-state index is 12.8. The fourth-order valence-electron chi connectivity index (χ4n) is 3.63. The van der Waals surface area contributed by atoms with Crippen LogP contribution in [0.25, 0.3) is 17.5 Å². The van der Waals surface area contributed by atoms with Crippen LogP contribution >= 0.6 is 0 Å². The monoisotopic (exact) mass is 377 g/mol. The van der Waals surface area contributed by atoms with Crippen molar-refractivity contribution in [2.75, 3.05) is 16.8 Å². The molecule has 1 aliphatic rings. The molecule has 0 bridgehead atoms. The highest BCUT2D eigenvalue weighted by Gasteiger charge is 2.38. The average molecular weight is 377 g/mol. The molecule has 0 spiro atoms. The summed E-state index contributed by atoms with van der Waals surface area (Å²) in [5.41, 5.74) is 1.46. The molecule has 4 heterocycles. The minimum Gasteiger partial charge on any atom is -0.340 e. The van der Waals surface area contributed by atoms with E-state index in [0.717, 1.165) is 11.5 Å². The number of rotatable bonds is 4. The zero-order valence-corrected chi connectivity index (χ0v) is 16.4. The quantitative estimate of drug-likeness (QED) is 0.695. The molecule has 28 heavy (non-hydrogen) atoms. The van der Waals surface area contributed by atoms with Crippen molar-refractivity contribution < 1.29 is 4.79 Å². The summed E-state index contributed by atoms with van der Waals surface area (Å²) in [6.45, 7) is 6.17. The first-order chi connectivity index (χ1) is 13.5. The molecule has 8 nitrogen and oxygen atoms in total. The Bertz CT molecular complexity index is 999. The first-order valence-corrected chi connectivity index (χ1v) is 9.41. The molecule has 8 heteroatoms. The molecule has 0 radical (unpaired) electrons. The van der Waals surface area contributed by atoms with Crippen molar-refractivity contribution in [1.29, 1.82) is 0 Å². The summed E-state index contributed by atoms with van der Waals surface area (Å²) in [7, 11) is 1.78. The second-order valence-electron chi connectivity index (χ2n) is 7.04. The van der Waals surface area contributed by atoms with E-state index >= 15 is 0 Å². The third-order valence-corrected chi connectivity index (χ3v) is 4.99. The van der Waals surface area contributed by atoms with E-state index in [1.807, 2.05) is 35.9 Å². The van der Waals surface area contributed by atoms with Crippen LogP contribution in [0.3, 0.4) is 0 Å². The lowest BCUT2D eigenvalue weighted by atomic mass is 10.1. The number of nitrogens with zero attached hydrogens (tertiary/aromatic N) is 7. The highest BCUT2D eigenvalue weighted by Crippen LogP contribution is 2.36. The normalized spacial score (nSPS) is 16.6. The molecule has 0 fully saturated rings. The number of hydrogen-bond donors (Lipinski definition) is 0. The Labute approximate surface area is 163 Å². The van der Waals surface area contributed by atoms with Crippen LogP contribution in [-0.2, 0) is 4.79 Å². The molecule has 0 aliphatic carbocycles. The smallest absolute Gasteiger partial charge is 0.249 e. The Hall–Kier alpha value is -3.29. The second-order valence-corrected chi connectivity index (χ2v) is 7.04. The number of imidazole rings is 1. The van der Waals surface area contributed by atoms with E-state index in [1.165, 1.54) is 0 Å². The average Bonchev–Trinajstić information content (AvgIpc) is 3.20. The van der Waals surface area contributed by atoms with E-state index in [4.69, 9.17) is 4.98 Å². The molecule has 144 valence electrons. The Morgan fingerprint density at radius 2 is 1.96 bits per heavy atom. The lowest BCUT2D eigenvalue weighted by molar-refractivity contribution is -0.120. The van der Waals surface area contributed by atoms with E-state index in [9.17, 15) is 4.79 Å².